The van der Waals surface area contributed by atoms with Crippen molar-refractivity contribution >= 4 is 10.0 Å². The van der Waals surface area contributed by atoms with Gasteiger partial charge < -0.3 is 5.73 Å². The summed E-state index contributed by atoms with van der Waals surface area (Å²) in [5.74, 6) is -0.0704. The summed E-state index contributed by atoms with van der Waals surface area (Å²) in [5.41, 5.74) is 5.91. The largest absolute Gasteiger partial charge is 0.329 e. The molecule has 0 fully saturated rings. The summed E-state index contributed by atoms with van der Waals surface area (Å²) in [6.45, 7) is 7.68. The predicted octanol–water partition coefficient (Wildman–Crippen LogP) is 0.505. The normalized spacial score (nSPS) is 12.9. The first-order valence-electron chi connectivity index (χ1n) is 4.56. The number of allylic oxidation sites excluding steroid dienone is 3. The molecular formula is C10H18N2O2S. The molecule has 4 nitrogen and oxygen atoms in total. The molecule has 0 heterocycles. The third-order valence-electron chi connectivity index (χ3n) is 1.86. The quantitative estimate of drug-likeness (QED) is 0.648. The first-order chi connectivity index (χ1) is 6.97. The lowest BCUT2D eigenvalue weighted by molar-refractivity contribution is 0.479. The van der Waals surface area contributed by atoms with E-state index in [2.05, 4.69) is 13.2 Å². The molecule has 0 amide bonds. The van der Waals surface area contributed by atoms with Gasteiger partial charge in [0.15, 0.2) is 0 Å². The second-order valence-electron chi connectivity index (χ2n) is 3.05. The molecule has 5 heteroatoms. The number of hydrogen-bond acceptors (Lipinski definition) is 3. The minimum atomic E-state index is -3.29. The molecule has 0 aromatic carbocycles. The van der Waals surface area contributed by atoms with Gasteiger partial charge in [0.1, 0.15) is 0 Å². The third-order valence-corrected chi connectivity index (χ3v) is 3.69. The summed E-state index contributed by atoms with van der Waals surface area (Å²) in [6, 6.07) is 0. The van der Waals surface area contributed by atoms with Gasteiger partial charge in [0.05, 0.1) is 5.75 Å². The van der Waals surface area contributed by atoms with E-state index in [1.165, 1.54) is 23.5 Å². The summed E-state index contributed by atoms with van der Waals surface area (Å²) in [7, 11) is -1.78. The van der Waals surface area contributed by atoms with E-state index in [0.29, 0.717) is 18.7 Å². The molecule has 0 atom stereocenters. The lowest BCUT2D eigenvalue weighted by Crippen LogP contribution is -2.33. The van der Waals surface area contributed by atoms with Gasteiger partial charge in [0.2, 0.25) is 10.0 Å². The van der Waals surface area contributed by atoms with Crippen molar-refractivity contribution in [3.05, 3.63) is 37.0 Å². The van der Waals surface area contributed by atoms with E-state index in [0.717, 1.165) is 0 Å². The monoisotopic (exact) mass is 230 g/mol. The Balaban J connectivity index is 4.69. The van der Waals surface area contributed by atoms with Gasteiger partial charge in [0, 0.05) is 20.1 Å². The molecule has 0 aromatic heterocycles. The zero-order valence-electron chi connectivity index (χ0n) is 9.02. The maximum atomic E-state index is 11.7. The molecule has 15 heavy (non-hydrogen) atoms. The molecule has 2 N–H and O–H groups in total. The first-order valence-corrected chi connectivity index (χ1v) is 6.17. The van der Waals surface area contributed by atoms with Crippen LogP contribution in [0, 0.1) is 0 Å². The van der Waals surface area contributed by atoms with Gasteiger partial charge in [-0.25, -0.2) is 12.7 Å². The molecule has 0 aliphatic rings. The van der Waals surface area contributed by atoms with Crippen LogP contribution in [0.1, 0.15) is 0 Å². The number of nitrogens with two attached hydrogens (primary N) is 1. The Hall–Kier alpha value is -0.910. The Morgan fingerprint density at radius 3 is 2.47 bits per heavy atom. The number of likely N-dealkylation sites (N-methyl/N-ethyl adjacent to an activating group) is 1. The molecule has 0 saturated carbocycles. The molecule has 0 unspecified atom stereocenters. The SMILES string of the molecule is C=C/C=C(\C=C)CS(=O)(=O)N(C)CCN. The number of hydrogen-bond donors (Lipinski definition) is 1. The summed E-state index contributed by atoms with van der Waals surface area (Å²) in [6.07, 6.45) is 4.67. The lowest BCUT2D eigenvalue weighted by Gasteiger charge is -2.16. The summed E-state index contributed by atoms with van der Waals surface area (Å²) in [4.78, 5) is 0. The highest BCUT2D eigenvalue weighted by atomic mass is 32.2. The maximum absolute atomic E-state index is 11.7. The van der Waals surface area contributed by atoms with Crippen LogP contribution in [-0.2, 0) is 10.0 Å². The van der Waals surface area contributed by atoms with Crippen molar-refractivity contribution in [2.75, 3.05) is 25.9 Å². The van der Waals surface area contributed by atoms with E-state index in [4.69, 9.17) is 5.73 Å². The number of sulfonamides is 1. The fourth-order valence-corrected chi connectivity index (χ4v) is 2.21. The van der Waals surface area contributed by atoms with Gasteiger partial charge in [0.25, 0.3) is 0 Å². The lowest BCUT2D eigenvalue weighted by atomic mass is 10.3. The van der Waals surface area contributed by atoms with Crippen LogP contribution in [0.2, 0.25) is 0 Å². The number of nitrogens with zero attached hydrogens (tertiary/aromatic N) is 1. The van der Waals surface area contributed by atoms with Crippen LogP contribution in [0.4, 0.5) is 0 Å². The molecule has 0 radical (unpaired) electrons. The fraction of sp³-hybridized carbons (Fsp3) is 0.400. The molecule has 0 aromatic rings. The van der Waals surface area contributed by atoms with Crippen LogP contribution in [0.15, 0.2) is 37.0 Å². The van der Waals surface area contributed by atoms with Crippen molar-refractivity contribution in [1.29, 1.82) is 0 Å². The fourth-order valence-electron chi connectivity index (χ4n) is 0.968. The van der Waals surface area contributed by atoms with Crippen LogP contribution in [0.3, 0.4) is 0 Å². The Kier molecular flexibility index (Phi) is 6.15. The van der Waals surface area contributed by atoms with E-state index < -0.39 is 10.0 Å². The van der Waals surface area contributed by atoms with Crippen LogP contribution in [-0.4, -0.2) is 38.6 Å². The van der Waals surface area contributed by atoms with Gasteiger partial charge in [-0.3, -0.25) is 0 Å². The van der Waals surface area contributed by atoms with Gasteiger partial charge in [-0.15, -0.1) is 0 Å². The highest BCUT2D eigenvalue weighted by molar-refractivity contribution is 7.89. The van der Waals surface area contributed by atoms with Crippen molar-refractivity contribution in [3.8, 4) is 0 Å². The average molecular weight is 230 g/mol. The van der Waals surface area contributed by atoms with E-state index in [-0.39, 0.29) is 5.75 Å². The molecule has 0 saturated heterocycles. The van der Waals surface area contributed by atoms with Crippen LogP contribution < -0.4 is 5.73 Å². The minimum absolute atomic E-state index is 0.0704. The van der Waals surface area contributed by atoms with E-state index in [9.17, 15) is 8.42 Å². The Morgan fingerprint density at radius 1 is 1.47 bits per heavy atom. The van der Waals surface area contributed by atoms with Gasteiger partial charge in [-0.05, 0) is 5.57 Å². The van der Waals surface area contributed by atoms with Crippen molar-refractivity contribution in [2.45, 2.75) is 0 Å². The second kappa shape index (κ2) is 6.55. The molecule has 0 rings (SSSR count). The van der Waals surface area contributed by atoms with E-state index >= 15 is 0 Å². The molecule has 0 spiro atoms. The zero-order valence-corrected chi connectivity index (χ0v) is 9.83. The standard InChI is InChI=1S/C10H18N2O2S/c1-4-6-10(5-2)9-15(13,14)12(3)8-7-11/h4-6H,1-2,7-9,11H2,3H3/b10-6+. The van der Waals surface area contributed by atoms with Gasteiger partial charge >= 0.3 is 0 Å². The van der Waals surface area contributed by atoms with Crippen molar-refractivity contribution < 1.29 is 8.42 Å². The van der Waals surface area contributed by atoms with Crippen LogP contribution in [0.5, 0.6) is 0 Å². The van der Waals surface area contributed by atoms with Crippen molar-refractivity contribution in [3.63, 3.8) is 0 Å². The van der Waals surface area contributed by atoms with Crippen molar-refractivity contribution in [2.24, 2.45) is 5.73 Å². The smallest absolute Gasteiger partial charge is 0.218 e. The summed E-state index contributed by atoms with van der Waals surface area (Å²) < 4.78 is 24.7. The van der Waals surface area contributed by atoms with E-state index in [1.54, 1.807) is 6.08 Å². The Morgan fingerprint density at radius 2 is 2.07 bits per heavy atom. The second-order valence-corrected chi connectivity index (χ2v) is 5.12. The third kappa shape index (κ3) is 4.92. The molecular weight excluding hydrogens is 212 g/mol. The average Bonchev–Trinajstić information content (AvgIpc) is 2.17. The highest BCUT2D eigenvalue weighted by Crippen LogP contribution is 2.06. The van der Waals surface area contributed by atoms with Crippen LogP contribution in [0.25, 0.3) is 0 Å². The summed E-state index contributed by atoms with van der Waals surface area (Å²) >= 11 is 0. The molecule has 86 valence electrons. The zero-order chi connectivity index (χ0) is 11.9. The maximum Gasteiger partial charge on any atom is 0.218 e. The van der Waals surface area contributed by atoms with Gasteiger partial charge in [-0.1, -0.05) is 31.4 Å². The Labute approximate surface area is 91.8 Å². The molecule has 0 bridgehead atoms. The predicted molar refractivity (Wildman–Crippen MR) is 63.9 cm³/mol. The first kappa shape index (κ1) is 14.1. The van der Waals surface area contributed by atoms with Crippen LogP contribution >= 0.6 is 0 Å². The molecule has 0 aliphatic carbocycles. The van der Waals surface area contributed by atoms with Crippen molar-refractivity contribution in [1.82, 2.24) is 4.31 Å². The minimum Gasteiger partial charge on any atom is -0.329 e. The topological polar surface area (TPSA) is 63.4 Å². The number of rotatable bonds is 7. The molecule has 0 aliphatic heterocycles. The highest BCUT2D eigenvalue weighted by Gasteiger charge is 2.17. The van der Waals surface area contributed by atoms with E-state index in [1.807, 2.05) is 0 Å². The Bertz CT molecular complexity index is 344. The van der Waals surface area contributed by atoms with Gasteiger partial charge in [-0.2, -0.15) is 0 Å². The summed E-state index contributed by atoms with van der Waals surface area (Å²) in [5, 5.41) is 0.